The van der Waals surface area contributed by atoms with Crippen molar-refractivity contribution < 1.29 is 14.3 Å². The summed E-state index contributed by atoms with van der Waals surface area (Å²) in [7, 11) is 0. The minimum absolute atomic E-state index is 0.129. The second-order valence-corrected chi connectivity index (χ2v) is 3.38. The van der Waals surface area contributed by atoms with Gasteiger partial charge in [-0.05, 0) is 32.0 Å². The summed E-state index contributed by atoms with van der Waals surface area (Å²) in [5.41, 5.74) is 0.761. The van der Waals surface area contributed by atoms with Crippen LogP contribution in [0.1, 0.15) is 34.6 Å². The van der Waals surface area contributed by atoms with Gasteiger partial charge in [0.1, 0.15) is 0 Å². The van der Waals surface area contributed by atoms with E-state index in [1.54, 1.807) is 6.92 Å². The van der Waals surface area contributed by atoms with Crippen molar-refractivity contribution in [3.63, 3.8) is 0 Å². The van der Waals surface area contributed by atoms with Gasteiger partial charge in [-0.15, -0.1) is 0 Å². The Labute approximate surface area is 93.0 Å². The molecule has 0 saturated heterocycles. The van der Waals surface area contributed by atoms with Gasteiger partial charge in [-0.25, -0.2) is 4.79 Å². The maximum absolute atomic E-state index is 11.3. The first-order valence-electron chi connectivity index (χ1n) is 4.54. The monoisotopic (exact) mass is 226 g/mol. The third-order valence-corrected chi connectivity index (χ3v) is 2.17. The zero-order valence-electron chi connectivity index (χ0n) is 8.54. The first-order chi connectivity index (χ1) is 7.06. The largest absolute Gasteiger partial charge is 0.462 e. The number of esters is 1. The molecule has 0 unspecified atom stereocenters. The number of hydrogen-bond acceptors (Lipinski definition) is 3. The van der Waals surface area contributed by atoms with Crippen molar-refractivity contribution in [3.05, 3.63) is 34.3 Å². The molecule has 0 N–H and O–H groups in total. The fraction of sp³-hybridized carbons (Fsp3) is 0.273. The summed E-state index contributed by atoms with van der Waals surface area (Å²) >= 11 is 5.84. The van der Waals surface area contributed by atoms with Crippen LogP contribution in [0.2, 0.25) is 5.02 Å². The summed E-state index contributed by atoms with van der Waals surface area (Å²) in [4.78, 5) is 22.4. The minimum Gasteiger partial charge on any atom is -0.462 e. The Morgan fingerprint density at radius 2 is 2.07 bits per heavy atom. The minimum atomic E-state index is -0.436. The highest BCUT2D eigenvalue weighted by molar-refractivity contribution is 6.34. The zero-order valence-corrected chi connectivity index (χ0v) is 9.30. The second kappa shape index (κ2) is 4.94. The third kappa shape index (κ3) is 2.80. The molecule has 4 heteroatoms. The number of rotatable bonds is 3. The SMILES string of the molecule is CCOC(=O)c1ccc(C(C)=O)c(Cl)c1. The van der Waals surface area contributed by atoms with Gasteiger partial charge in [-0.1, -0.05) is 11.6 Å². The number of carbonyl (C=O) groups excluding carboxylic acids is 2. The van der Waals surface area contributed by atoms with E-state index in [1.807, 2.05) is 0 Å². The van der Waals surface area contributed by atoms with Crippen LogP contribution in [0.4, 0.5) is 0 Å². The number of hydrogen-bond donors (Lipinski definition) is 0. The summed E-state index contributed by atoms with van der Waals surface area (Å²) in [6.07, 6.45) is 0. The molecule has 3 nitrogen and oxygen atoms in total. The number of benzene rings is 1. The van der Waals surface area contributed by atoms with Crippen molar-refractivity contribution in [3.8, 4) is 0 Å². The van der Waals surface area contributed by atoms with Gasteiger partial charge in [-0.3, -0.25) is 4.79 Å². The summed E-state index contributed by atoms with van der Waals surface area (Å²) in [6, 6.07) is 4.49. The summed E-state index contributed by atoms with van der Waals surface area (Å²) < 4.78 is 4.80. The van der Waals surface area contributed by atoms with Gasteiger partial charge in [-0.2, -0.15) is 0 Å². The van der Waals surface area contributed by atoms with Gasteiger partial charge in [0.05, 0.1) is 17.2 Å². The molecule has 1 aromatic rings. The molecule has 0 fully saturated rings. The predicted molar refractivity (Wildman–Crippen MR) is 57.4 cm³/mol. The zero-order chi connectivity index (χ0) is 11.4. The Morgan fingerprint density at radius 1 is 1.40 bits per heavy atom. The van der Waals surface area contributed by atoms with Gasteiger partial charge in [0, 0.05) is 5.56 Å². The lowest BCUT2D eigenvalue weighted by Gasteiger charge is -2.04. The molecular weight excluding hydrogens is 216 g/mol. The van der Waals surface area contributed by atoms with Crippen LogP contribution in [-0.4, -0.2) is 18.4 Å². The van der Waals surface area contributed by atoms with E-state index < -0.39 is 5.97 Å². The maximum atomic E-state index is 11.3. The highest BCUT2D eigenvalue weighted by Gasteiger charge is 2.11. The molecular formula is C11H11ClO3. The number of ketones is 1. The number of ether oxygens (including phenoxy) is 1. The topological polar surface area (TPSA) is 43.4 Å². The number of halogens is 1. The lowest BCUT2D eigenvalue weighted by atomic mass is 10.1. The molecule has 15 heavy (non-hydrogen) atoms. The van der Waals surface area contributed by atoms with Crippen LogP contribution in [0.3, 0.4) is 0 Å². The van der Waals surface area contributed by atoms with Crippen LogP contribution in [0.5, 0.6) is 0 Å². The molecule has 0 aromatic heterocycles. The van der Waals surface area contributed by atoms with E-state index in [9.17, 15) is 9.59 Å². The summed E-state index contributed by atoms with van der Waals surface area (Å²) in [5, 5.41) is 0.271. The molecule has 0 saturated carbocycles. The Morgan fingerprint density at radius 3 is 2.53 bits per heavy atom. The molecule has 1 aromatic carbocycles. The third-order valence-electron chi connectivity index (χ3n) is 1.86. The van der Waals surface area contributed by atoms with E-state index >= 15 is 0 Å². The fourth-order valence-electron chi connectivity index (χ4n) is 1.14. The van der Waals surface area contributed by atoms with Crippen molar-refractivity contribution in [2.24, 2.45) is 0 Å². The van der Waals surface area contributed by atoms with Gasteiger partial charge < -0.3 is 4.74 Å². The summed E-state index contributed by atoms with van der Waals surface area (Å²) in [5.74, 6) is -0.565. The van der Waals surface area contributed by atoms with Gasteiger partial charge in [0.15, 0.2) is 5.78 Å². The molecule has 0 spiro atoms. The first kappa shape index (κ1) is 11.7. The molecule has 0 amide bonds. The molecule has 1 rings (SSSR count). The van der Waals surface area contributed by atoms with Crippen LogP contribution in [0.25, 0.3) is 0 Å². The van der Waals surface area contributed by atoms with E-state index in [0.29, 0.717) is 17.7 Å². The first-order valence-corrected chi connectivity index (χ1v) is 4.91. The molecule has 0 heterocycles. The van der Waals surface area contributed by atoms with Crippen LogP contribution in [0.15, 0.2) is 18.2 Å². The average Bonchev–Trinajstić information content (AvgIpc) is 2.17. The average molecular weight is 227 g/mol. The molecule has 0 bridgehead atoms. The number of Topliss-reactive ketones (excluding diaryl/α,β-unsaturated/α-hetero) is 1. The fourth-order valence-corrected chi connectivity index (χ4v) is 1.46. The molecule has 0 aliphatic heterocycles. The van der Waals surface area contributed by atoms with Crippen LogP contribution in [-0.2, 0) is 4.74 Å². The summed E-state index contributed by atoms with van der Waals surface area (Å²) in [6.45, 7) is 3.46. The van der Waals surface area contributed by atoms with Crippen molar-refractivity contribution in [1.29, 1.82) is 0 Å². The molecule has 80 valence electrons. The molecule has 0 aliphatic rings. The van der Waals surface area contributed by atoms with Gasteiger partial charge in [0.25, 0.3) is 0 Å². The lowest BCUT2D eigenvalue weighted by molar-refractivity contribution is 0.0526. The van der Waals surface area contributed by atoms with Crippen molar-refractivity contribution >= 4 is 23.4 Å². The predicted octanol–water partition coefficient (Wildman–Crippen LogP) is 2.72. The van der Waals surface area contributed by atoms with Gasteiger partial charge in [0.2, 0.25) is 0 Å². The second-order valence-electron chi connectivity index (χ2n) is 2.97. The molecule has 0 aliphatic carbocycles. The maximum Gasteiger partial charge on any atom is 0.338 e. The van der Waals surface area contributed by atoms with Crippen molar-refractivity contribution in [2.75, 3.05) is 6.61 Å². The van der Waals surface area contributed by atoms with Crippen LogP contribution < -0.4 is 0 Å². The highest BCUT2D eigenvalue weighted by atomic mass is 35.5. The molecule has 0 atom stereocenters. The Bertz CT molecular complexity index is 399. The number of carbonyl (C=O) groups is 2. The Kier molecular flexibility index (Phi) is 3.86. The van der Waals surface area contributed by atoms with E-state index in [1.165, 1.54) is 25.1 Å². The normalized spacial score (nSPS) is 9.80. The Balaban J connectivity index is 3.01. The van der Waals surface area contributed by atoms with E-state index in [-0.39, 0.29) is 10.8 Å². The van der Waals surface area contributed by atoms with Gasteiger partial charge >= 0.3 is 5.97 Å². The van der Waals surface area contributed by atoms with E-state index in [2.05, 4.69) is 0 Å². The quantitative estimate of drug-likeness (QED) is 0.588. The van der Waals surface area contributed by atoms with Crippen molar-refractivity contribution in [2.45, 2.75) is 13.8 Å². The standard InChI is InChI=1S/C11H11ClO3/c1-3-15-11(14)8-4-5-9(7(2)13)10(12)6-8/h4-6H,3H2,1-2H3. The lowest BCUT2D eigenvalue weighted by Crippen LogP contribution is -2.05. The van der Waals surface area contributed by atoms with Crippen LogP contribution >= 0.6 is 11.6 Å². The van der Waals surface area contributed by atoms with E-state index in [4.69, 9.17) is 16.3 Å². The van der Waals surface area contributed by atoms with E-state index in [0.717, 1.165) is 0 Å². The van der Waals surface area contributed by atoms with Crippen molar-refractivity contribution in [1.82, 2.24) is 0 Å². The van der Waals surface area contributed by atoms with Crippen LogP contribution in [0, 0.1) is 0 Å². The highest BCUT2D eigenvalue weighted by Crippen LogP contribution is 2.18. The smallest absolute Gasteiger partial charge is 0.338 e. The molecule has 0 radical (unpaired) electrons. The Hall–Kier alpha value is -1.35.